The molecule has 3 rings (SSSR count). The Morgan fingerprint density at radius 2 is 1.96 bits per heavy atom. The standard InChI is InChI=1S/C19H20O4/c1-22-16-9-5-8-14-10-11-19(12-20,17(14)16)13-23-18(21)15-6-3-2-4-7-15/h2-9,20H,10-13H2,1H3/t19-/m1/s1. The van der Waals surface area contributed by atoms with E-state index in [1.165, 1.54) is 0 Å². The molecule has 0 bridgehead atoms. The molecule has 1 atom stereocenters. The lowest BCUT2D eigenvalue weighted by Gasteiger charge is -2.29. The highest BCUT2D eigenvalue weighted by atomic mass is 16.5. The molecule has 1 N–H and O–H groups in total. The van der Waals surface area contributed by atoms with Crippen LogP contribution >= 0.6 is 0 Å². The molecule has 0 aromatic heterocycles. The third-order valence-electron chi connectivity index (χ3n) is 4.53. The van der Waals surface area contributed by atoms with Gasteiger partial charge in [0.25, 0.3) is 0 Å². The number of carbonyl (C=O) groups excluding carboxylic acids is 1. The van der Waals surface area contributed by atoms with Crippen LogP contribution in [0.4, 0.5) is 0 Å². The monoisotopic (exact) mass is 312 g/mol. The number of aryl methyl sites for hydroxylation is 1. The summed E-state index contributed by atoms with van der Waals surface area (Å²) in [5, 5.41) is 10.0. The van der Waals surface area contributed by atoms with Crippen molar-refractivity contribution in [3.63, 3.8) is 0 Å². The van der Waals surface area contributed by atoms with Crippen molar-refractivity contribution in [3.8, 4) is 5.75 Å². The molecule has 120 valence electrons. The summed E-state index contributed by atoms with van der Waals surface area (Å²) >= 11 is 0. The number of methoxy groups -OCH3 is 1. The maximum absolute atomic E-state index is 12.2. The van der Waals surface area contributed by atoms with Gasteiger partial charge in [0.1, 0.15) is 12.4 Å². The molecule has 0 radical (unpaired) electrons. The first-order chi connectivity index (χ1) is 11.2. The smallest absolute Gasteiger partial charge is 0.338 e. The molecular formula is C19H20O4. The van der Waals surface area contributed by atoms with Crippen LogP contribution in [0.3, 0.4) is 0 Å². The molecule has 0 aliphatic heterocycles. The van der Waals surface area contributed by atoms with Gasteiger partial charge in [-0.2, -0.15) is 0 Å². The van der Waals surface area contributed by atoms with Crippen LogP contribution < -0.4 is 4.74 Å². The van der Waals surface area contributed by atoms with Crippen LogP contribution in [0.1, 0.15) is 27.9 Å². The molecule has 1 aliphatic rings. The molecule has 0 unspecified atom stereocenters. The first-order valence-corrected chi connectivity index (χ1v) is 7.69. The molecule has 2 aromatic carbocycles. The van der Waals surface area contributed by atoms with Crippen LogP contribution in [-0.2, 0) is 16.6 Å². The minimum absolute atomic E-state index is 0.0809. The molecule has 2 aromatic rings. The van der Waals surface area contributed by atoms with Crippen LogP contribution in [0.2, 0.25) is 0 Å². The summed E-state index contributed by atoms with van der Waals surface area (Å²) < 4.78 is 11.0. The molecule has 0 amide bonds. The van der Waals surface area contributed by atoms with Gasteiger partial charge < -0.3 is 14.6 Å². The van der Waals surface area contributed by atoms with Gasteiger partial charge in [0.15, 0.2) is 0 Å². The zero-order valence-electron chi connectivity index (χ0n) is 13.1. The molecule has 0 saturated heterocycles. The zero-order valence-corrected chi connectivity index (χ0v) is 13.1. The number of fused-ring (bicyclic) bond motifs is 1. The highest BCUT2D eigenvalue weighted by molar-refractivity contribution is 5.89. The second-order valence-electron chi connectivity index (χ2n) is 5.87. The number of hydrogen-bond donors (Lipinski definition) is 1. The lowest BCUT2D eigenvalue weighted by Crippen LogP contribution is -2.35. The Bertz CT molecular complexity index is 696. The summed E-state index contributed by atoms with van der Waals surface area (Å²) in [5.74, 6) is 0.367. The molecule has 4 heteroatoms. The molecule has 0 fully saturated rings. The maximum atomic E-state index is 12.2. The SMILES string of the molecule is COc1cccc2c1[C@](CO)(COC(=O)c1ccccc1)CC2. The largest absolute Gasteiger partial charge is 0.496 e. The fourth-order valence-corrected chi connectivity index (χ4v) is 3.27. The average molecular weight is 312 g/mol. The number of rotatable bonds is 5. The summed E-state index contributed by atoms with van der Waals surface area (Å²) in [6.45, 7) is 0.0625. The number of aliphatic hydroxyl groups is 1. The number of hydrogen-bond acceptors (Lipinski definition) is 4. The summed E-state index contributed by atoms with van der Waals surface area (Å²) in [6.07, 6.45) is 1.58. The van der Waals surface area contributed by atoms with E-state index in [2.05, 4.69) is 0 Å². The van der Waals surface area contributed by atoms with E-state index in [4.69, 9.17) is 9.47 Å². The van der Waals surface area contributed by atoms with E-state index in [1.807, 2.05) is 24.3 Å². The molecular weight excluding hydrogens is 292 g/mol. The lowest BCUT2D eigenvalue weighted by atomic mass is 9.83. The Labute approximate surface area is 135 Å². The molecule has 1 aliphatic carbocycles. The maximum Gasteiger partial charge on any atom is 0.338 e. The Morgan fingerprint density at radius 3 is 2.65 bits per heavy atom. The van der Waals surface area contributed by atoms with Gasteiger partial charge in [-0.15, -0.1) is 0 Å². The average Bonchev–Trinajstić information content (AvgIpc) is 3.00. The number of carbonyl (C=O) groups is 1. The number of benzene rings is 2. The topological polar surface area (TPSA) is 55.8 Å². The first kappa shape index (κ1) is 15.6. The van der Waals surface area contributed by atoms with Crippen molar-refractivity contribution in [2.24, 2.45) is 0 Å². The second-order valence-corrected chi connectivity index (χ2v) is 5.87. The summed E-state index contributed by atoms with van der Waals surface area (Å²) in [6, 6.07) is 14.7. The molecule has 0 saturated carbocycles. The second kappa shape index (κ2) is 6.42. The minimum atomic E-state index is -0.591. The fraction of sp³-hybridized carbons (Fsp3) is 0.316. The van der Waals surface area contributed by atoms with Gasteiger partial charge in [0.05, 0.1) is 24.7 Å². The Balaban J connectivity index is 1.84. The van der Waals surface area contributed by atoms with Crippen molar-refractivity contribution in [1.29, 1.82) is 0 Å². The Kier molecular flexibility index (Phi) is 4.35. The quantitative estimate of drug-likeness (QED) is 0.863. The van der Waals surface area contributed by atoms with Crippen LogP contribution in [-0.4, -0.2) is 31.4 Å². The van der Waals surface area contributed by atoms with Crippen molar-refractivity contribution in [1.82, 2.24) is 0 Å². The van der Waals surface area contributed by atoms with Crippen LogP contribution in [0.5, 0.6) is 5.75 Å². The number of ether oxygens (including phenoxy) is 2. The van der Waals surface area contributed by atoms with Crippen molar-refractivity contribution < 1.29 is 19.4 Å². The highest BCUT2D eigenvalue weighted by Crippen LogP contribution is 2.44. The first-order valence-electron chi connectivity index (χ1n) is 7.69. The van der Waals surface area contributed by atoms with Crippen molar-refractivity contribution in [2.45, 2.75) is 18.3 Å². The van der Waals surface area contributed by atoms with Crippen molar-refractivity contribution in [3.05, 3.63) is 65.2 Å². The third-order valence-corrected chi connectivity index (χ3v) is 4.53. The van der Waals surface area contributed by atoms with Gasteiger partial charge in [0.2, 0.25) is 0 Å². The van der Waals surface area contributed by atoms with E-state index in [-0.39, 0.29) is 19.2 Å². The molecule has 4 nitrogen and oxygen atoms in total. The molecule has 0 spiro atoms. The predicted molar refractivity (Wildman–Crippen MR) is 86.8 cm³/mol. The van der Waals surface area contributed by atoms with Gasteiger partial charge in [-0.1, -0.05) is 30.3 Å². The Morgan fingerprint density at radius 1 is 1.17 bits per heavy atom. The fourth-order valence-electron chi connectivity index (χ4n) is 3.27. The van der Waals surface area contributed by atoms with Gasteiger partial charge >= 0.3 is 5.97 Å². The normalized spacial score (nSPS) is 19.2. The molecule has 0 heterocycles. The molecule has 23 heavy (non-hydrogen) atoms. The minimum Gasteiger partial charge on any atom is -0.496 e. The highest BCUT2D eigenvalue weighted by Gasteiger charge is 2.42. The van der Waals surface area contributed by atoms with Crippen LogP contribution in [0.25, 0.3) is 0 Å². The third kappa shape index (κ3) is 2.82. The van der Waals surface area contributed by atoms with Gasteiger partial charge in [-0.25, -0.2) is 4.79 Å². The van der Waals surface area contributed by atoms with E-state index >= 15 is 0 Å². The van der Waals surface area contributed by atoms with E-state index in [0.29, 0.717) is 5.56 Å². The summed E-state index contributed by atoms with van der Waals surface area (Å²) in [7, 11) is 1.62. The zero-order chi connectivity index (χ0) is 16.3. The van der Waals surface area contributed by atoms with Crippen LogP contribution in [0, 0.1) is 0 Å². The number of esters is 1. The predicted octanol–water partition coefficient (Wildman–Crippen LogP) is 2.73. The van der Waals surface area contributed by atoms with Gasteiger partial charge in [-0.3, -0.25) is 0 Å². The van der Waals surface area contributed by atoms with Gasteiger partial charge in [0, 0.05) is 5.56 Å². The van der Waals surface area contributed by atoms with E-state index in [0.717, 1.165) is 29.7 Å². The van der Waals surface area contributed by atoms with E-state index < -0.39 is 5.41 Å². The lowest BCUT2D eigenvalue weighted by molar-refractivity contribution is 0.0315. The Hall–Kier alpha value is -2.33. The summed E-state index contributed by atoms with van der Waals surface area (Å²) in [4.78, 5) is 12.2. The van der Waals surface area contributed by atoms with E-state index in [9.17, 15) is 9.90 Å². The van der Waals surface area contributed by atoms with Gasteiger partial charge in [-0.05, 0) is 36.6 Å². The van der Waals surface area contributed by atoms with Crippen LogP contribution in [0.15, 0.2) is 48.5 Å². The van der Waals surface area contributed by atoms with Crippen molar-refractivity contribution >= 4 is 5.97 Å². The van der Waals surface area contributed by atoms with E-state index in [1.54, 1.807) is 31.4 Å². The number of aliphatic hydroxyl groups excluding tert-OH is 1. The van der Waals surface area contributed by atoms with Crippen molar-refractivity contribution in [2.75, 3.05) is 20.3 Å². The summed E-state index contributed by atoms with van der Waals surface area (Å²) in [5.41, 5.74) is 2.03.